The van der Waals surface area contributed by atoms with Crippen molar-refractivity contribution in [2.75, 3.05) is 0 Å². The molecule has 0 aliphatic rings. The fraction of sp³-hybridized carbons (Fsp3) is 0.143. The number of H-pyrrole nitrogens is 1. The summed E-state index contributed by atoms with van der Waals surface area (Å²) in [5.41, 5.74) is 4.89. The lowest BCUT2D eigenvalue weighted by Gasteiger charge is -2.16. The second-order valence-corrected chi connectivity index (χ2v) is 6.87. The van der Waals surface area contributed by atoms with E-state index < -0.39 is 0 Å². The minimum Gasteiger partial charge on any atom is -0.486 e. The molecule has 4 aromatic heterocycles. The lowest BCUT2D eigenvalue weighted by molar-refractivity contribution is 0.228. The summed E-state index contributed by atoms with van der Waals surface area (Å²) in [6, 6.07) is 11.9. The van der Waals surface area contributed by atoms with Gasteiger partial charge >= 0.3 is 0 Å². The van der Waals surface area contributed by atoms with E-state index >= 15 is 0 Å². The van der Waals surface area contributed by atoms with Crippen LogP contribution in [0.15, 0.2) is 55.1 Å². The molecule has 0 fully saturated rings. The van der Waals surface area contributed by atoms with Gasteiger partial charge in [-0.25, -0.2) is 4.52 Å². The molecular formula is C21H17N7O. The summed E-state index contributed by atoms with van der Waals surface area (Å²) in [6.45, 7) is 1.96. The SMILES string of the molecule is CC(Oc1ccc2[nH]nc(-c3cnn(C)c3)c2c1)c1cccn2ncc(C#N)c12. The van der Waals surface area contributed by atoms with E-state index in [1.165, 1.54) is 0 Å². The molecule has 0 saturated carbocycles. The first kappa shape index (κ1) is 17.0. The van der Waals surface area contributed by atoms with Crippen molar-refractivity contribution >= 4 is 16.4 Å². The van der Waals surface area contributed by atoms with E-state index in [1.807, 2.05) is 56.7 Å². The quantitative estimate of drug-likeness (QED) is 0.511. The number of hydrogen-bond donors (Lipinski definition) is 1. The van der Waals surface area contributed by atoms with Gasteiger partial charge in [-0.1, -0.05) is 6.07 Å². The van der Waals surface area contributed by atoms with Gasteiger partial charge in [-0.15, -0.1) is 0 Å². The summed E-state index contributed by atoms with van der Waals surface area (Å²) in [5.74, 6) is 0.719. The lowest BCUT2D eigenvalue weighted by atomic mass is 10.1. The Morgan fingerprint density at radius 2 is 2.10 bits per heavy atom. The topological polar surface area (TPSA) is 96.8 Å². The van der Waals surface area contributed by atoms with E-state index in [4.69, 9.17) is 4.74 Å². The third kappa shape index (κ3) is 2.80. The van der Waals surface area contributed by atoms with Crippen molar-refractivity contribution in [3.8, 4) is 23.1 Å². The summed E-state index contributed by atoms with van der Waals surface area (Å²) >= 11 is 0. The van der Waals surface area contributed by atoms with Crippen molar-refractivity contribution in [3.63, 3.8) is 0 Å². The standard InChI is InChI=1S/C21H17N7O/c1-13(17-4-3-7-28-21(17)14(9-22)10-24-28)29-16-5-6-19-18(8-16)20(26-25-19)15-11-23-27(2)12-15/h3-8,10-13H,1-2H3,(H,25,26). The smallest absolute Gasteiger partial charge is 0.123 e. The predicted molar refractivity (Wildman–Crippen MR) is 107 cm³/mol. The Hall–Kier alpha value is -4.12. The van der Waals surface area contributed by atoms with E-state index in [0.717, 1.165) is 39.0 Å². The van der Waals surface area contributed by atoms with Crippen molar-refractivity contribution < 1.29 is 4.74 Å². The molecular weight excluding hydrogens is 366 g/mol. The number of hydrogen-bond acceptors (Lipinski definition) is 5. The highest BCUT2D eigenvalue weighted by Crippen LogP contribution is 2.32. The van der Waals surface area contributed by atoms with Crippen LogP contribution < -0.4 is 4.74 Å². The number of fused-ring (bicyclic) bond motifs is 2. The first-order valence-corrected chi connectivity index (χ1v) is 9.14. The maximum Gasteiger partial charge on any atom is 0.123 e. The third-order valence-corrected chi connectivity index (χ3v) is 4.96. The van der Waals surface area contributed by atoms with Crippen LogP contribution in [0.25, 0.3) is 27.7 Å². The Labute approximate surface area is 166 Å². The van der Waals surface area contributed by atoms with Crippen LogP contribution in [0.4, 0.5) is 0 Å². The molecule has 0 saturated heterocycles. The van der Waals surface area contributed by atoms with Crippen LogP contribution in [0, 0.1) is 11.3 Å². The largest absolute Gasteiger partial charge is 0.486 e. The Balaban J connectivity index is 1.52. The van der Waals surface area contributed by atoms with E-state index in [2.05, 4.69) is 26.5 Å². The third-order valence-electron chi connectivity index (χ3n) is 4.96. The zero-order valence-electron chi connectivity index (χ0n) is 15.9. The molecule has 0 radical (unpaired) electrons. The molecule has 8 heteroatoms. The van der Waals surface area contributed by atoms with Crippen molar-refractivity contribution in [3.05, 3.63) is 66.2 Å². The van der Waals surface area contributed by atoms with Crippen molar-refractivity contribution in [1.82, 2.24) is 29.6 Å². The van der Waals surface area contributed by atoms with Crippen LogP contribution in [0.2, 0.25) is 0 Å². The maximum atomic E-state index is 9.39. The minimum atomic E-state index is -0.270. The number of nitrogens with zero attached hydrogens (tertiary/aromatic N) is 6. The highest BCUT2D eigenvalue weighted by atomic mass is 16.5. The molecule has 1 unspecified atom stereocenters. The summed E-state index contributed by atoms with van der Waals surface area (Å²) < 4.78 is 9.69. The molecule has 29 heavy (non-hydrogen) atoms. The van der Waals surface area contributed by atoms with Gasteiger partial charge in [0.2, 0.25) is 0 Å². The monoisotopic (exact) mass is 383 g/mol. The van der Waals surface area contributed by atoms with Gasteiger partial charge in [0, 0.05) is 36.0 Å². The second kappa shape index (κ2) is 6.49. The first-order chi connectivity index (χ1) is 14.1. The Morgan fingerprint density at radius 1 is 1.21 bits per heavy atom. The number of benzene rings is 1. The van der Waals surface area contributed by atoms with Crippen molar-refractivity contribution in [2.24, 2.45) is 7.05 Å². The normalized spacial score (nSPS) is 12.3. The van der Waals surface area contributed by atoms with Crippen LogP contribution in [-0.2, 0) is 7.05 Å². The predicted octanol–water partition coefficient (Wildman–Crippen LogP) is 3.62. The lowest BCUT2D eigenvalue weighted by Crippen LogP contribution is -2.05. The van der Waals surface area contributed by atoms with E-state index in [9.17, 15) is 5.26 Å². The van der Waals surface area contributed by atoms with Gasteiger partial charge < -0.3 is 4.74 Å². The van der Waals surface area contributed by atoms with Crippen LogP contribution in [0.5, 0.6) is 5.75 Å². The summed E-state index contributed by atoms with van der Waals surface area (Å²) in [4.78, 5) is 0. The van der Waals surface area contributed by atoms with Crippen LogP contribution in [0.3, 0.4) is 0 Å². The Kier molecular flexibility index (Phi) is 3.81. The molecule has 4 heterocycles. The van der Waals surface area contributed by atoms with Crippen LogP contribution >= 0.6 is 0 Å². The van der Waals surface area contributed by atoms with Gasteiger partial charge in [0.05, 0.1) is 29.0 Å². The van der Waals surface area contributed by atoms with Crippen molar-refractivity contribution in [1.29, 1.82) is 5.26 Å². The number of pyridine rings is 1. The molecule has 1 N–H and O–H groups in total. The molecule has 0 amide bonds. The molecule has 5 aromatic rings. The molecule has 8 nitrogen and oxygen atoms in total. The Morgan fingerprint density at radius 3 is 2.90 bits per heavy atom. The van der Waals surface area contributed by atoms with Gasteiger partial charge in [0.15, 0.2) is 0 Å². The maximum absolute atomic E-state index is 9.39. The van der Waals surface area contributed by atoms with Crippen LogP contribution in [0.1, 0.15) is 24.2 Å². The molecule has 0 aliphatic heterocycles. The number of nitriles is 1. The molecule has 1 atom stereocenters. The number of nitrogens with one attached hydrogen (secondary N) is 1. The minimum absolute atomic E-state index is 0.270. The highest BCUT2D eigenvalue weighted by molar-refractivity contribution is 5.93. The number of ether oxygens (including phenoxy) is 1. The van der Waals surface area contributed by atoms with Crippen LogP contribution in [-0.4, -0.2) is 29.6 Å². The summed E-state index contributed by atoms with van der Waals surface area (Å²) in [5, 5.41) is 26.3. The highest BCUT2D eigenvalue weighted by Gasteiger charge is 2.17. The molecule has 0 aliphatic carbocycles. The zero-order chi connectivity index (χ0) is 20.0. The second-order valence-electron chi connectivity index (χ2n) is 6.87. The van der Waals surface area contributed by atoms with Gasteiger partial charge in [0.1, 0.15) is 23.6 Å². The molecule has 1 aromatic carbocycles. The first-order valence-electron chi connectivity index (χ1n) is 9.14. The van der Waals surface area contributed by atoms with E-state index in [1.54, 1.807) is 21.6 Å². The molecule has 142 valence electrons. The Bertz CT molecular complexity index is 1390. The number of aromatic amines is 1. The molecule has 0 spiro atoms. The van der Waals surface area contributed by atoms with E-state index in [0.29, 0.717) is 5.56 Å². The zero-order valence-corrected chi connectivity index (χ0v) is 15.9. The molecule has 5 rings (SSSR count). The summed E-state index contributed by atoms with van der Waals surface area (Å²) in [7, 11) is 1.88. The van der Waals surface area contributed by atoms with Gasteiger partial charge in [-0.05, 0) is 31.2 Å². The van der Waals surface area contributed by atoms with E-state index in [-0.39, 0.29) is 6.10 Å². The van der Waals surface area contributed by atoms with Gasteiger partial charge in [-0.2, -0.15) is 20.6 Å². The number of rotatable bonds is 4. The molecule has 0 bridgehead atoms. The average Bonchev–Trinajstić information content (AvgIpc) is 3.44. The van der Waals surface area contributed by atoms with Crippen molar-refractivity contribution in [2.45, 2.75) is 13.0 Å². The number of aromatic nitrogens is 6. The number of aryl methyl sites for hydroxylation is 1. The fourth-order valence-electron chi connectivity index (χ4n) is 3.58. The van der Waals surface area contributed by atoms with Gasteiger partial charge in [-0.3, -0.25) is 9.78 Å². The average molecular weight is 383 g/mol. The fourth-order valence-corrected chi connectivity index (χ4v) is 3.58. The summed E-state index contributed by atoms with van der Waals surface area (Å²) in [6.07, 6.45) is 6.84. The van der Waals surface area contributed by atoms with Gasteiger partial charge in [0.25, 0.3) is 0 Å².